The first kappa shape index (κ1) is 8.38. The Labute approximate surface area is 76.6 Å². The van der Waals surface area contributed by atoms with Crippen LogP contribution in [0.3, 0.4) is 0 Å². The zero-order valence-corrected chi connectivity index (χ0v) is 8.54. The Bertz CT molecular complexity index is 310. The molecule has 13 heavy (non-hydrogen) atoms. The Morgan fingerprint density at radius 1 is 1.46 bits per heavy atom. The van der Waals surface area contributed by atoms with E-state index in [-0.39, 0.29) is 0 Å². The van der Waals surface area contributed by atoms with E-state index in [0.29, 0.717) is 0 Å². The lowest BCUT2D eigenvalue weighted by atomic mass is 10.0. The van der Waals surface area contributed by atoms with Crippen LogP contribution in [0.1, 0.15) is 20.3 Å². The van der Waals surface area contributed by atoms with Gasteiger partial charge in [-0.3, -0.25) is 4.52 Å². The maximum atomic E-state index is 11.5. The Kier molecular flexibility index (Phi) is 1.30. The van der Waals surface area contributed by atoms with Gasteiger partial charge in [-0.2, -0.15) is 0 Å². The lowest BCUT2D eigenvalue weighted by Gasteiger charge is -2.41. The third kappa shape index (κ3) is 0.726. The maximum absolute atomic E-state index is 11.5. The number of rotatable bonds is 1. The van der Waals surface area contributed by atoms with E-state index in [1.807, 2.05) is 18.7 Å². The van der Waals surface area contributed by atoms with Gasteiger partial charge < -0.3 is 0 Å². The van der Waals surface area contributed by atoms with Gasteiger partial charge in [-0.15, -0.1) is 0 Å². The number of hydrogen-bond acceptors (Lipinski definition) is 5. The smallest absolute Gasteiger partial charge is 0.273 e. The summed E-state index contributed by atoms with van der Waals surface area (Å²) in [7, 11) is -3.14. The van der Waals surface area contributed by atoms with Crippen molar-refractivity contribution in [1.82, 2.24) is 4.90 Å². The van der Waals surface area contributed by atoms with E-state index in [1.165, 1.54) is 0 Å². The molecule has 2 bridgehead atoms. The van der Waals surface area contributed by atoms with Crippen molar-refractivity contribution >= 4 is 7.82 Å². The van der Waals surface area contributed by atoms with Gasteiger partial charge in [0.15, 0.2) is 0 Å². The molecule has 1 unspecified atom stereocenters. The summed E-state index contributed by atoms with van der Waals surface area (Å²) in [5, 5.41) is 0. The van der Waals surface area contributed by atoms with E-state index in [4.69, 9.17) is 13.6 Å². The predicted octanol–water partition coefficient (Wildman–Crippen LogP) is 1.31. The van der Waals surface area contributed by atoms with Gasteiger partial charge in [0.05, 0.1) is 0 Å². The zero-order valence-electron chi connectivity index (χ0n) is 7.65. The molecule has 4 fully saturated rings. The summed E-state index contributed by atoms with van der Waals surface area (Å²) in [6.45, 7) is 5.61. The van der Waals surface area contributed by atoms with Crippen LogP contribution < -0.4 is 0 Å². The molecule has 4 aliphatic rings. The Hall–Kier alpha value is 0.0700. The molecule has 0 radical (unpaired) electrons. The molecule has 0 aromatic rings. The normalized spacial score (nSPS) is 59.2. The van der Waals surface area contributed by atoms with Gasteiger partial charge in [-0.1, -0.05) is 6.92 Å². The van der Waals surface area contributed by atoms with Gasteiger partial charge in [0.1, 0.15) is 5.60 Å². The molecule has 0 N–H and O–H groups in total. The van der Waals surface area contributed by atoms with E-state index in [2.05, 4.69) is 0 Å². The topological polar surface area (TPSA) is 48.0 Å². The third-order valence-electron chi connectivity index (χ3n) is 3.11. The maximum Gasteiger partial charge on any atom is 0.483 e. The molecule has 6 heteroatoms. The fourth-order valence-corrected chi connectivity index (χ4v) is 4.37. The quantitative estimate of drug-likeness (QED) is 0.604. The molecule has 0 aromatic heterocycles. The van der Waals surface area contributed by atoms with Crippen LogP contribution in [0, 0.1) is 0 Å². The van der Waals surface area contributed by atoms with Crippen LogP contribution in [-0.4, -0.2) is 29.5 Å². The van der Waals surface area contributed by atoms with Crippen molar-refractivity contribution in [3.63, 3.8) is 0 Å². The third-order valence-corrected chi connectivity index (χ3v) is 4.68. The average molecular weight is 205 g/mol. The van der Waals surface area contributed by atoms with Gasteiger partial charge in [-0.05, 0) is 13.3 Å². The minimum absolute atomic E-state index is 0.529. The second-order valence-electron chi connectivity index (χ2n) is 3.86. The summed E-state index contributed by atoms with van der Waals surface area (Å²) in [6.07, 6.45) is 0.810. The average Bonchev–Trinajstić information content (AvgIpc) is 2.42. The van der Waals surface area contributed by atoms with E-state index < -0.39 is 19.3 Å². The van der Waals surface area contributed by atoms with Crippen LogP contribution >= 0.6 is 7.82 Å². The number of likely N-dealkylation sites (N-methyl/N-ethyl adjacent to an activating group) is 1. The van der Waals surface area contributed by atoms with Crippen LogP contribution in [-0.2, 0) is 18.1 Å². The molecule has 0 amide bonds. The number of phosphoric acid groups is 1. The fraction of sp³-hybridized carbons (Fsp3) is 1.00. The molecule has 4 heterocycles. The van der Waals surface area contributed by atoms with E-state index in [9.17, 15) is 4.57 Å². The highest BCUT2D eigenvalue weighted by Crippen LogP contribution is 2.80. The number of nitrogens with zero attached hydrogens (tertiary/aromatic N) is 1. The predicted molar refractivity (Wildman–Crippen MR) is 43.9 cm³/mol. The zero-order chi connectivity index (χ0) is 9.32. The van der Waals surface area contributed by atoms with E-state index >= 15 is 0 Å². The molecule has 0 saturated carbocycles. The van der Waals surface area contributed by atoms with E-state index in [1.54, 1.807) is 0 Å². The molecule has 4 rings (SSSR count). The summed E-state index contributed by atoms with van der Waals surface area (Å²) >= 11 is 0. The summed E-state index contributed by atoms with van der Waals surface area (Å²) in [5.41, 5.74) is -0.529. The first-order valence-electron chi connectivity index (χ1n) is 4.51. The first-order valence-corrected chi connectivity index (χ1v) is 5.97. The highest BCUT2D eigenvalue weighted by atomic mass is 31.2. The Morgan fingerprint density at radius 2 is 2.15 bits per heavy atom. The van der Waals surface area contributed by atoms with Crippen LogP contribution in [0.5, 0.6) is 0 Å². The number of likely N-dealkylation sites (tertiary alicyclic amines) is 1. The highest BCUT2D eigenvalue weighted by molar-refractivity contribution is 7.50. The standard InChI is InChI=1S/C7H12NO4P/c1-3-8-5-4-6(2)7(8)11-13(9,10-6)12-7/h3-5H2,1-2H3. The van der Waals surface area contributed by atoms with Crippen LogP contribution in [0.25, 0.3) is 0 Å². The first-order chi connectivity index (χ1) is 6.04. The van der Waals surface area contributed by atoms with Crippen LogP contribution in [0.15, 0.2) is 0 Å². The van der Waals surface area contributed by atoms with Crippen molar-refractivity contribution in [2.75, 3.05) is 13.1 Å². The van der Waals surface area contributed by atoms with Crippen molar-refractivity contribution in [3.05, 3.63) is 0 Å². The van der Waals surface area contributed by atoms with Gasteiger partial charge in [0.2, 0.25) is 0 Å². The lowest BCUT2D eigenvalue weighted by Crippen LogP contribution is -2.57. The van der Waals surface area contributed by atoms with Crippen molar-refractivity contribution in [3.8, 4) is 0 Å². The lowest BCUT2D eigenvalue weighted by molar-refractivity contribution is -0.273. The second kappa shape index (κ2) is 2.02. The minimum Gasteiger partial charge on any atom is -0.273 e. The second-order valence-corrected chi connectivity index (χ2v) is 5.31. The molecular weight excluding hydrogens is 193 g/mol. The van der Waals surface area contributed by atoms with Crippen molar-refractivity contribution in [2.45, 2.75) is 31.8 Å². The van der Waals surface area contributed by atoms with Gasteiger partial charge in [0.25, 0.3) is 5.91 Å². The molecule has 4 saturated heterocycles. The monoisotopic (exact) mass is 205 g/mol. The van der Waals surface area contributed by atoms with Gasteiger partial charge >= 0.3 is 7.82 Å². The van der Waals surface area contributed by atoms with Crippen molar-refractivity contribution in [1.29, 1.82) is 0 Å². The highest BCUT2D eigenvalue weighted by Gasteiger charge is 2.81. The van der Waals surface area contributed by atoms with Crippen LogP contribution in [0.4, 0.5) is 0 Å². The molecule has 1 spiro atoms. The molecular formula is C7H12NO4P. The fourth-order valence-electron chi connectivity index (χ4n) is 2.36. The SMILES string of the molecule is CCN1CCC2(C)OP3(=O)OC12O3. The molecule has 5 nitrogen and oxygen atoms in total. The molecule has 74 valence electrons. The van der Waals surface area contributed by atoms with Crippen molar-refractivity contribution < 1.29 is 18.1 Å². The summed E-state index contributed by atoms with van der Waals surface area (Å²) in [5.74, 6) is -0.836. The largest absolute Gasteiger partial charge is 0.483 e. The van der Waals surface area contributed by atoms with Gasteiger partial charge in [-0.25, -0.2) is 18.5 Å². The van der Waals surface area contributed by atoms with E-state index in [0.717, 1.165) is 19.5 Å². The number of phosphoric ester groups is 1. The minimum atomic E-state index is -3.14. The van der Waals surface area contributed by atoms with Crippen LogP contribution in [0.2, 0.25) is 0 Å². The summed E-state index contributed by atoms with van der Waals surface area (Å²) in [6, 6.07) is 0. The summed E-state index contributed by atoms with van der Waals surface area (Å²) in [4.78, 5) is 2.02. The van der Waals surface area contributed by atoms with Crippen molar-refractivity contribution in [2.24, 2.45) is 0 Å². The Balaban J connectivity index is 2.04. The molecule has 1 atom stereocenters. The number of hydrogen-bond donors (Lipinski definition) is 0. The molecule has 0 aromatic carbocycles. The molecule has 0 aliphatic carbocycles. The van der Waals surface area contributed by atoms with Gasteiger partial charge in [0, 0.05) is 13.1 Å². The Morgan fingerprint density at radius 3 is 2.77 bits per heavy atom. The summed E-state index contributed by atoms with van der Waals surface area (Å²) < 4.78 is 27.4. The molecule has 4 aliphatic heterocycles.